The zero-order valence-electron chi connectivity index (χ0n) is 40.3. The maximum Gasteiger partial charge on any atom is 0.306 e. The van der Waals surface area contributed by atoms with Crippen molar-refractivity contribution in [1.29, 1.82) is 0 Å². The molecule has 9 heteroatoms. The van der Waals surface area contributed by atoms with Gasteiger partial charge in [-0.15, -0.1) is 0 Å². The van der Waals surface area contributed by atoms with E-state index in [9.17, 15) is 25.2 Å². The number of aliphatic hydroxyl groups excluding tert-OH is 4. The normalized spacial score (nSPS) is 20.1. The van der Waals surface area contributed by atoms with Crippen LogP contribution in [0.5, 0.6) is 0 Å². The van der Waals surface area contributed by atoms with E-state index in [1.807, 2.05) is 0 Å². The van der Waals surface area contributed by atoms with Crippen molar-refractivity contribution in [3.05, 3.63) is 60.8 Å². The summed E-state index contributed by atoms with van der Waals surface area (Å²) in [7, 11) is 0. The molecule has 0 aromatic heterocycles. The largest absolute Gasteiger partial charge is 0.457 e. The van der Waals surface area contributed by atoms with Gasteiger partial charge < -0.3 is 39.4 Å². The average molecular weight is 889 g/mol. The van der Waals surface area contributed by atoms with Crippen molar-refractivity contribution in [3.63, 3.8) is 0 Å². The Balaban J connectivity index is 2.21. The van der Waals surface area contributed by atoms with Crippen LogP contribution in [-0.2, 0) is 23.7 Å². The predicted molar refractivity (Wildman–Crippen MR) is 261 cm³/mol. The molecule has 9 nitrogen and oxygen atoms in total. The van der Waals surface area contributed by atoms with Crippen LogP contribution < -0.4 is 0 Å². The molecule has 1 aliphatic heterocycles. The van der Waals surface area contributed by atoms with Gasteiger partial charge in [-0.3, -0.25) is 4.79 Å². The Morgan fingerprint density at radius 1 is 0.524 bits per heavy atom. The molecule has 0 spiro atoms. The van der Waals surface area contributed by atoms with Crippen molar-refractivity contribution in [1.82, 2.24) is 0 Å². The molecule has 0 saturated carbocycles. The summed E-state index contributed by atoms with van der Waals surface area (Å²) in [6.07, 6.45) is 51.1. The molecule has 6 unspecified atom stereocenters. The van der Waals surface area contributed by atoms with Crippen LogP contribution in [0.15, 0.2) is 60.8 Å². The molecule has 0 radical (unpaired) electrons. The number of aliphatic hydroxyl groups is 4. The van der Waals surface area contributed by atoms with E-state index in [2.05, 4.69) is 74.6 Å². The molecule has 1 heterocycles. The molecule has 1 fully saturated rings. The summed E-state index contributed by atoms with van der Waals surface area (Å²) in [5.74, 6) is -0.320. The maximum atomic E-state index is 12.8. The molecule has 0 aromatic rings. The van der Waals surface area contributed by atoms with E-state index in [4.69, 9.17) is 18.9 Å². The molecule has 0 aliphatic carbocycles. The molecular weight excluding hydrogens is 793 g/mol. The zero-order chi connectivity index (χ0) is 45.7. The quantitative estimate of drug-likeness (QED) is 0.0268. The highest BCUT2D eigenvalue weighted by atomic mass is 16.7. The fraction of sp³-hybridized carbons (Fsp3) is 0.796. The second-order valence-corrected chi connectivity index (χ2v) is 17.6. The van der Waals surface area contributed by atoms with Gasteiger partial charge in [-0.1, -0.05) is 190 Å². The minimum absolute atomic E-state index is 0.119. The Labute approximate surface area is 385 Å². The first kappa shape index (κ1) is 58.9. The van der Waals surface area contributed by atoms with Crippen LogP contribution in [0, 0.1) is 0 Å². The first-order valence-electron chi connectivity index (χ1n) is 25.9. The standard InChI is InChI=1S/C54H96O9/c1-3-5-7-9-11-13-15-17-19-21-22-23-24-25-26-27-29-31-33-35-37-39-41-43-50(56)62-48(47-61-54-53(59)52(58)51(57)49(45-55)63-54)46-60-44-42-40-38-36-34-32-30-28-20-18-16-14-12-10-8-6-4-2/h5,7,11,13,17,19-20,22-23,28,48-49,51-55,57-59H,3-4,6,8-10,12,14-16,18,21,24-27,29-47H2,1-2H3/b7-5-,13-11-,19-17-,23-22-,28-20-. The lowest BCUT2D eigenvalue weighted by molar-refractivity contribution is -0.305. The first-order chi connectivity index (χ1) is 30.9. The predicted octanol–water partition coefficient (Wildman–Crippen LogP) is 12.6. The topological polar surface area (TPSA) is 135 Å². The van der Waals surface area contributed by atoms with Crippen LogP contribution >= 0.6 is 0 Å². The van der Waals surface area contributed by atoms with E-state index < -0.39 is 43.4 Å². The molecule has 1 rings (SSSR count). The summed E-state index contributed by atoms with van der Waals surface area (Å²) >= 11 is 0. The van der Waals surface area contributed by atoms with Crippen LogP contribution in [0.1, 0.15) is 213 Å². The van der Waals surface area contributed by atoms with E-state index in [1.54, 1.807) is 0 Å². The van der Waals surface area contributed by atoms with Crippen LogP contribution in [0.3, 0.4) is 0 Å². The fourth-order valence-electron chi connectivity index (χ4n) is 7.65. The van der Waals surface area contributed by atoms with E-state index in [0.717, 1.165) is 70.6 Å². The van der Waals surface area contributed by atoms with Gasteiger partial charge in [0.05, 0.1) is 19.8 Å². The van der Waals surface area contributed by atoms with Crippen LogP contribution in [0.25, 0.3) is 0 Å². The lowest BCUT2D eigenvalue weighted by atomic mass is 9.99. The summed E-state index contributed by atoms with van der Waals surface area (Å²) < 4.78 is 22.9. The second-order valence-electron chi connectivity index (χ2n) is 17.6. The molecular formula is C54H96O9. The van der Waals surface area contributed by atoms with Crippen molar-refractivity contribution in [2.45, 2.75) is 250 Å². The lowest BCUT2D eigenvalue weighted by Crippen LogP contribution is -2.59. The Morgan fingerprint density at radius 2 is 0.968 bits per heavy atom. The summed E-state index contributed by atoms with van der Waals surface area (Å²) in [4.78, 5) is 12.8. The number of unbranched alkanes of at least 4 members (excludes halogenated alkanes) is 23. The number of allylic oxidation sites excluding steroid dienone is 10. The summed E-state index contributed by atoms with van der Waals surface area (Å²) in [6.45, 7) is 4.44. The van der Waals surface area contributed by atoms with Crippen LogP contribution in [-0.4, -0.2) is 89.6 Å². The first-order valence-corrected chi connectivity index (χ1v) is 25.9. The van der Waals surface area contributed by atoms with Gasteiger partial charge >= 0.3 is 5.97 Å². The second kappa shape index (κ2) is 45.1. The number of hydrogen-bond donors (Lipinski definition) is 4. The van der Waals surface area contributed by atoms with Gasteiger partial charge in [0.15, 0.2) is 6.29 Å². The van der Waals surface area contributed by atoms with E-state index in [1.165, 1.54) is 122 Å². The Kier molecular flexibility index (Phi) is 42.1. The molecule has 366 valence electrons. The van der Waals surface area contributed by atoms with Crippen LogP contribution in [0.4, 0.5) is 0 Å². The van der Waals surface area contributed by atoms with Crippen molar-refractivity contribution in [2.75, 3.05) is 26.4 Å². The van der Waals surface area contributed by atoms with E-state index in [0.29, 0.717) is 13.0 Å². The average Bonchev–Trinajstić information content (AvgIpc) is 3.28. The monoisotopic (exact) mass is 889 g/mol. The van der Waals surface area contributed by atoms with Gasteiger partial charge in [0.1, 0.15) is 30.5 Å². The van der Waals surface area contributed by atoms with Crippen molar-refractivity contribution >= 4 is 5.97 Å². The number of carbonyl (C=O) groups is 1. The van der Waals surface area contributed by atoms with Crippen molar-refractivity contribution in [3.8, 4) is 0 Å². The van der Waals surface area contributed by atoms with Gasteiger partial charge in [0.2, 0.25) is 0 Å². The smallest absolute Gasteiger partial charge is 0.306 e. The molecule has 0 bridgehead atoms. The molecule has 4 N–H and O–H groups in total. The summed E-state index contributed by atoms with van der Waals surface area (Å²) in [5.41, 5.74) is 0. The Bertz CT molecular complexity index is 1150. The van der Waals surface area contributed by atoms with Gasteiger partial charge in [0.25, 0.3) is 0 Å². The Hall–Kier alpha value is -2.11. The molecule has 0 amide bonds. The molecule has 1 saturated heterocycles. The number of carbonyl (C=O) groups excluding carboxylic acids is 1. The number of ether oxygens (including phenoxy) is 4. The van der Waals surface area contributed by atoms with Crippen LogP contribution in [0.2, 0.25) is 0 Å². The maximum absolute atomic E-state index is 12.8. The molecule has 6 atom stereocenters. The minimum Gasteiger partial charge on any atom is -0.457 e. The van der Waals surface area contributed by atoms with Gasteiger partial charge in [-0.25, -0.2) is 0 Å². The fourth-order valence-corrected chi connectivity index (χ4v) is 7.65. The third-order valence-electron chi connectivity index (χ3n) is 11.7. The minimum atomic E-state index is -1.54. The zero-order valence-corrected chi connectivity index (χ0v) is 40.3. The highest BCUT2D eigenvalue weighted by molar-refractivity contribution is 5.69. The number of hydrogen-bond acceptors (Lipinski definition) is 9. The van der Waals surface area contributed by atoms with Crippen molar-refractivity contribution < 1.29 is 44.2 Å². The highest BCUT2D eigenvalue weighted by Crippen LogP contribution is 2.23. The third kappa shape index (κ3) is 35.8. The molecule has 1 aliphatic rings. The van der Waals surface area contributed by atoms with Gasteiger partial charge in [-0.2, -0.15) is 0 Å². The summed E-state index contributed by atoms with van der Waals surface area (Å²) in [5, 5.41) is 40.2. The van der Waals surface area contributed by atoms with E-state index in [-0.39, 0.29) is 19.2 Å². The number of rotatable bonds is 44. The SMILES string of the molecule is CC/C=C\C/C=C\C/C=C\C/C=C\CCCCCCCCCCCCC(=O)OC(COCCCCCCCC/C=C\CCCCCCCCC)COC1OC(CO)C(O)C(O)C1O. The lowest BCUT2D eigenvalue weighted by Gasteiger charge is -2.39. The Morgan fingerprint density at radius 3 is 1.48 bits per heavy atom. The third-order valence-corrected chi connectivity index (χ3v) is 11.7. The molecule has 0 aromatic carbocycles. The van der Waals surface area contributed by atoms with Gasteiger partial charge in [-0.05, 0) is 77.0 Å². The summed E-state index contributed by atoms with van der Waals surface area (Å²) in [6, 6.07) is 0. The highest BCUT2D eigenvalue weighted by Gasteiger charge is 2.44. The van der Waals surface area contributed by atoms with Crippen molar-refractivity contribution in [2.24, 2.45) is 0 Å². The number of esters is 1. The van der Waals surface area contributed by atoms with E-state index >= 15 is 0 Å². The molecule has 63 heavy (non-hydrogen) atoms. The van der Waals surface area contributed by atoms with Gasteiger partial charge in [0, 0.05) is 13.0 Å².